The van der Waals surface area contributed by atoms with E-state index in [-0.39, 0.29) is 18.2 Å². The van der Waals surface area contributed by atoms with Gasteiger partial charge in [-0.1, -0.05) is 42.0 Å². The molecule has 114 valence electrons. The number of benzene rings is 1. The lowest BCUT2D eigenvalue weighted by atomic mass is 9.84. The van der Waals surface area contributed by atoms with Gasteiger partial charge in [0.05, 0.1) is 6.04 Å². The number of carbonyl (C=O) groups is 1. The molecule has 0 aromatic heterocycles. The van der Waals surface area contributed by atoms with Gasteiger partial charge in [-0.15, -0.1) is 12.3 Å². The minimum Gasteiger partial charge on any atom is -0.445 e. The van der Waals surface area contributed by atoms with E-state index < -0.39 is 0 Å². The average Bonchev–Trinajstić information content (AvgIpc) is 2.53. The number of fused-ring (bicyclic) bond motifs is 2. The van der Waals surface area contributed by atoms with Crippen molar-refractivity contribution in [2.75, 3.05) is 0 Å². The number of amides is 1. The van der Waals surface area contributed by atoms with Gasteiger partial charge in [0, 0.05) is 12.5 Å². The van der Waals surface area contributed by atoms with Crippen LogP contribution in [0.25, 0.3) is 0 Å². The summed E-state index contributed by atoms with van der Waals surface area (Å²) >= 11 is 0. The van der Waals surface area contributed by atoms with Crippen molar-refractivity contribution in [1.82, 2.24) is 4.90 Å². The highest BCUT2D eigenvalue weighted by Crippen LogP contribution is 2.34. The number of nitrogens with zero attached hydrogens (tertiary/aromatic N) is 1. The molecule has 0 N–H and O–H groups in total. The zero-order valence-corrected chi connectivity index (χ0v) is 12.7. The molecule has 3 heteroatoms. The molecule has 2 aliphatic rings. The largest absolute Gasteiger partial charge is 0.445 e. The Balaban J connectivity index is 1.66. The molecule has 0 spiro atoms. The highest BCUT2D eigenvalue weighted by molar-refractivity contribution is 5.69. The van der Waals surface area contributed by atoms with Crippen molar-refractivity contribution in [2.24, 2.45) is 0 Å². The second kappa shape index (κ2) is 6.70. The molecule has 1 aromatic carbocycles. The molecule has 1 saturated heterocycles. The molecule has 22 heavy (non-hydrogen) atoms. The lowest BCUT2D eigenvalue weighted by Crippen LogP contribution is -2.51. The first-order valence-corrected chi connectivity index (χ1v) is 7.90. The fourth-order valence-electron chi connectivity index (χ4n) is 3.46. The zero-order chi connectivity index (χ0) is 15.4. The van der Waals surface area contributed by atoms with Crippen LogP contribution >= 0.6 is 0 Å². The van der Waals surface area contributed by atoms with E-state index in [0.717, 1.165) is 31.2 Å². The number of terminal acetylenes is 1. The summed E-state index contributed by atoms with van der Waals surface area (Å²) in [6.07, 6.45) is 12.2. The van der Waals surface area contributed by atoms with E-state index in [2.05, 4.69) is 12.0 Å². The van der Waals surface area contributed by atoms with Crippen LogP contribution in [0.5, 0.6) is 0 Å². The molecule has 0 aliphatic carbocycles. The standard InChI is InChI=1S/C19H21NO2/c1-2-7-16-12-17-10-6-11-18(13-16)20(17)19(21)22-14-15-8-4-3-5-9-15/h1,3-5,8-9,12,17-18H,6-7,10-11,13-14H2. The molecular weight excluding hydrogens is 274 g/mol. The van der Waals surface area contributed by atoms with Crippen molar-refractivity contribution in [3.05, 3.63) is 47.5 Å². The van der Waals surface area contributed by atoms with Gasteiger partial charge in [0.15, 0.2) is 0 Å². The van der Waals surface area contributed by atoms with Crippen molar-refractivity contribution < 1.29 is 9.53 Å². The van der Waals surface area contributed by atoms with Crippen molar-refractivity contribution in [3.63, 3.8) is 0 Å². The number of piperidine rings is 1. The molecule has 1 amide bonds. The maximum absolute atomic E-state index is 12.5. The van der Waals surface area contributed by atoms with Gasteiger partial charge in [-0.2, -0.15) is 0 Å². The first kappa shape index (κ1) is 14.7. The van der Waals surface area contributed by atoms with Gasteiger partial charge in [-0.3, -0.25) is 4.90 Å². The highest BCUT2D eigenvalue weighted by Gasteiger charge is 2.37. The summed E-state index contributed by atoms with van der Waals surface area (Å²) in [4.78, 5) is 14.4. The van der Waals surface area contributed by atoms with Crippen LogP contribution in [0.2, 0.25) is 0 Å². The van der Waals surface area contributed by atoms with E-state index >= 15 is 0 Å². The van der Waals surface area contributed by atoms with E-state index in [9.17, 15) is 4.79 Å². The van der Waals surface area contributed by atoms with Gasteiger partial charge in [0.25, 0.3) is 0 Å². The maximum Gasteiger partial charge on any atom is 0.410 e. The van der Waals surface area contributed by atoms with Crippen LogP contribution in [0, 0.1) is 12.3 Å². The smallest absolute Gasteiger partial charge is 0.410 e. The molecule has 2 atom stereocenters. The Morgan fingerprint density at radius 1 is 1.32 bits per heavy atom. The first-order valence-electron chi connectivity index (χ1n) is 7.90. The van der Waals surface area contributed by atoms with E-state index in [4.69, 9.17) is 11.2 Å². The summed E-state index contributed by atoms with van der Waals surface area (Å²) in [5.74, 6) is 2.71. The summed E-state index contributed by atoms with van der Waals surface area (Å²) in [6.45, 7) is 0.330. The molecule has 2 unspecified atom stereocenters. The molecule has 3 nitrogen and oxygen atoms in total. The molecule has 2 aliphatic heterocycles. The van der Waals surface area contributed by atoms with E-state index in [1.165, 1.54) is 5.57 Å². The zero-order valence-electron chi connectivity index (χ0n) is 12.7. The summed E-state index contributed by atoms with van der Waals surface area (Å²) < 4.78 is 5.52. The Morgan fingerprint density at radius 3 is 2.86 bits per heavy atom. The minimum atomic E-state index is -0.199. The summed E-state index contributed by atoms with van der Waals surface area (Å²) in [7, 11) is 0. The van der Waals surface area contributed by atoms with Crippen LogP contribution in [0.15, 0.2) is 42.0 Å². The highest BCUT2D eigenvalue weighted by atomic mass is 16.6. The molecule has 0 saturated carbocycles. The first-order chi connectivity index (χ1) is 10.8. The SMILES string of the molecule is C#CCC1=CC2CCCC(C1)N2C(=O)OCc1ccccc1. The van der Waals surface area contributed by atoms with Crippen molar-refractivity contribution >= 4 is 6.09 Å². The van der Waals surface area contributed by atoms with Gasteiger partial charge in [-0.25, -0.2) is 4.79 Å². The fourth-order valence-corrected chi connectivity index (χ4v) is 3.46. The molecular formula is C19H21NO2. The van der Waals surface area contributed by atoms with Gasteiger partial charge < -0.3 is 4.74 Å². The Labute approximate surface area is 132 Å². The number of hydrogen-bond acceptors (Lipinski definition) is 2. The lowest BCUT2D eigenvalue weighted by Gasteiger charge is -2.44. The van der Waals surface area contributed by atoms with Crippen molar-refractivity contribution in [1.29, 1.82) is 0 Å². The third kappa shape index (κ3) is 3.17. The van der Waals surface area contributed by atoms with Gasteiger partial charge in [0.2, 0.25) is 0 Å². The van der Waals surface area contributed by atoms with Crippen LogP contribution in [-0.4, -0.2) is 23.1 Å². The van der Waals surface area contributed by atoms with Gasteiger partial charge in [-0.05, 0) is 31.2 Å². The second-order valence-electron chi connectivity index (χ2n) is 6.01. The number of ether oxygens (including phenoxy) is 1. The third-order valence-corrected chi connectivity index (χ3v) is 4.46. The van der Waals surface area contributed by atoms with Gasteiger partial charge in [0.1, 0.15) is 6.61 Å². The topological polar surface area (TPSA) is 29.5 Å². The quantitative estimate of drug-likeness (QED) is 0.625. The predicted octanol–water partition coefficient (Wildman–Crippen LogP) is 3.90. The molecule has 3 rings (SSSR count). The minimum absolute atomic E-state index is 0.152. The number of hydrogen-bond donors (Lipinski definition) is 0. The molecule has 2 heterocycles. The summed E-state index contributed by atoms with van der Waals surface area (Å²) in [5.41, 5.74) is 2.31. The average molecular weight is 295 g/mol. The normalized spacial score (nSPS) is 23.4. The Hall–Kier alpha value is -2.21. The summed E-state index contributed by atoms with van der Waals surface area (Å²) in [6, 6.07) is 10.2. The van der Waals surface area contributed by atoms with Crippen molar-refractivity contribution in [3.8, 4) is 12.3 Å². The van der Waals surface area contributed by atoms with E-state index in [0.29, 0.717) is 13.0 Å². The maximum atomic E-state index is 12.5. The summed E-state index contributed by atoms with van der Waals surface area (Å²) in [5, 5.41) is 0. The third-order valence-electron chi connectivity index (χ3n) is 4.46. The van der Waals surface area contributed by atoms with E-state index in [1.54, 1.807) is 0 Å². The second-order valence-corrected chi connectivity index (χ2v) is 6.01. The van der Waals surface area contributed by atoms with Crippen molar-refractivity contribution in [2.45, 2.75) is 50.8 Å². The number of rotatable bonds is 3. The molecule has 1 aromatic rings. The monoisotopic (exact) mass is 295 g/mol. The fraction of sp³-hybridized carbons (Fsp3) is 0.421. The molecule has 0 radical (unpaired) electrons. The predicted molar refractivity (Wildman–Crippen MR) is 86.0 cm³/mol. The van der Waals surface area contributed by atoms with Crippen LogP contribution in [-0.2, 0) is 11.3 Å². The van der Waals surface area contributed by atoms with Crippen LogP contribution in [0.3, 0.4) is 0 Å². The molecule has 2 bridgehead atoms. The van der Waals surface area contributed by atoms with Crippen LogP contribution in [0.4, 0.5) is 4.79 Å². The van der Waals surface area contributed by atoms with Crippen LogP contribution < -0.4 is 0 Å². The Kier molecular flexibility index (Phi) is 4.48. The lowest BCUT2D eigenvalue weighted by molar-refractivity contribution is 0.0481. The Bertz CT molecular complexity index is 600. The number of carbonyl (C=O) groups excluding carboxylic acids is 1. The van der Waals surface area contributed by atoms with Crippen LogP contribution in [0.1, 0.15) is 37.7 Å². The Morgan fingerprint density at radius 2 is 2.14 bits per heavy atom. The van der Waals surface area contributed by atoms with E-state index in [1.807, 2.05) is 35.2 Å². The molecule has 1 fully saturated rings. The van der Waals surface area contributed by atoms with Gasteiger partial charge >= 0.3 is 6.09 Å².